The highest BCUT2D eigenvalue weighted by molar-refractivity contribution is 7.90. The van der Waals surface area contributed by atoms with E-state index in [-0.39, 0.29) is 0 Å². The van der Waals surface area contributed by atoms with Crippen molar-refractivity contribution in [1.82, 2.24) is 9.62 Å². The lowest BCUT2D eigenvalue weighted by molar-refractivity contribution is -0.138. The van der Waals surface area contributed by atoms with Gasteiger partial charge >= 0.3 is 12.1 Å². The third kappa shape index (κ3) is 5.87. The van der Waals surface area contributed by atoms with Crippen molar-refractivity contribution in [2.24, 2.45) is 0 Å². The molecule has 0 rings (SSSR count). The molecule has 1 amide bonds. The summed E-state index contributed by atoms with van der Waals surface area (Å²) in [4.78, 5) is 21.6. The topological polar surface area (TPSA) is 104 Å². The first-order valence-corrected chi connectivity index (χ1v) is 6.39. The SMILES string of the molecule is CC(C(=O)O)S(=O)(=O)N(C)CC(=O)NCC(F)(F)F. The van der Waals surface area contributed by atoms with E-state index < -0.39 is 46.4 Å². The fourth-order valence-electron chi connectivity index (χ4n) is 0.944. The standard InChI is InChI=1S/C8H13F3N2O5S/c1-5(7(15)16)19(17,18)13(2)3-6(14)12-4-8(9,10)11/h5H,3-4H2,1-2H3,(H,12,14)(H,15,16). The lowest BCUT2D eigenvalue weighted by atomic mass is 10.5. The Morgan fingerprint density at radius 1 is 1.37 bits per heavy atom. The fraction of sp³-hybridized carbons (Fsp3) is 0.750. The van der Waals surface area contributed by atoms with Gasteiger partial charge in [-0.25, -0.2) is 8.42 Å². The Labute approximate surface area is 107 Å². The van der Waals surface area contributed by atoms with Crippen LogP contribution in [0.5, 0.6) is 0 Å². The molecule has 0 aromatic rings. The molecule has 0 bridgehead atoms. The number of carboxylic acids is 1. The van der Waals surface area contributed by atoms with E-state index in [1.54, 1.807) is 0 Å². The lowest BCUT2D eigenvalue weighted by Crippen LogP contribution is -2.45. The van der Waals surface area contributed by atoms with Gasteiger partial charge in [-0.2, -0.15) is 17.5 Å². The number of amides is 1. The van der Waals surface area contributed by atoms with Crippen LogP contribution in [0.2, 0.25) is 0 Å². The number of hydrogen-bond donors (Lipinski definition) is 2. The fourth-order valence-corrected chi connectivity index (χ4v) is 2.04. The predicted molar refractivity (Wildman–Crippen MR) is 57.7 cm³/mol. The Kier molecular flexibility index (Phi) is 5.75. The third-order valence-electron chi connectivity index (χ3n) is 2.08. The highest BCUT2D eigenvalue weighted by Gasteiger charge is 2.33. The van der Waals surface area contributed by atoms with E-state index in [4.69, 9.17) is 5.11 Å². The molecule has 7 nitrogen and oxygen atoms in total. The Bertz CT molecular complexity index is 448. The lowest BCUT2D eigenvalue weighted by Gasteiger charge is -2.19. The van der Waals surface area contributed by atoms with Gasteiger partial charge in [-0.05, 0) is 6.92 Å². The molecule has 2 N–H and O–H groups in total. The maximum absolute atomic E-state index is 11.8. The maximum atomic E-state index is 11.8. The van der Waals surface area contributed by atoms with Gasteiger partial charge < -0.3 is 10.4 Å². The number of carboxylic acid groups (broad SMARTS) is 1. The van der Waals surface area contributed by atoms with E-state index in [2.05, 4.69) is 0 Å². The highest BCUT2D eigenvalue weighted by atomic mass is 32.2. The number of nitrogens with one attached hydrogen (secondary N) is 1. The largest absolute Gasteiger partial charge is 0.480 e. The van der Waals surface area contributed by atoms with Gasteiger partial charge in [0.15, 0.2) is 5.25 Å². The van der Waals surface area contributed by atoms with E-state index in [9.17, 15) is 31.2 Å². The summed E-state index contributed by atoms with van der Waals surface area (Å²) >= 11 is 0. The van der Waals surface area contributed by atoms with Crippen molar-refractivity contribution >= 4 is 21.9 Å². The smallest absolute Gasteiger partial charge is 0.405 e. The molecule has 0 heterocycles. The minimum absolute atomic E-state index is 0.386. The maximum Gasteiger partial charge on any atom is 0.405 e. The Morgan fingerprint density at radius 2 is 1.84 bits per heavy atom. The van der Waals surface area contributed by atoms with Crippen LogP contribution in [0.25, 0.3) is 0 Å². The number of carbonyl (C=O) groups is 2. The van der Waals surface area contributed by atoms with Crippen LogP contribution in [-0.2, 0) is 19.6 Å². The van der Waals surface area contributed by atoms with Crippen LogP contribution < -0.4 is 5.32 Å². The normalized spacial score (nSPS) is 14.2. The summed E-state index contributed by atoms with van der Waals surface area (Å²) in [6.07, 6.45) is -4.61. The summed E-state index contributed by atoms with van der Waals surface area (Å²) in [7, 11) is -3.39. The molecule has 0 aromatic heterocycles. The zero-order chi connectivity index (χ0) is 15.4. The molecule has 0 aliphatic carbocycles. The zero-order valence-electron chi connectivity index (χ0n) is 10.1. The van der Waals surface area contributed by atoms with E-state index in [1.165, 1.54) is 5.32 Å². The van der Waals surface area contributed by atoms with Crippen LogP contribution in [0.4, 0.5) is 13.2 Å². The Morgan fingerprint density at radius 3 is 2.21 bits per heavy atom. The Balaban J connectivity index is 4.57. The summed E-state index contributed by atoms with van der Waals surface area (Å²) in [5.74, 6) is -2.80. The summed E-state index contributed by atoms with van der Waals surface area (Å²) < 4.78 is 58.9. The second kappa shape index (κ2) is 6.19. The quantitative estimate of drug-likeness (QED) is 0.682. The minimum atomic E-state index is -4.61. The molecule has 1 atom stereocenters. The van der Waals surface area contributed by atoms with Gasteiger partial charge in [-0.15, -0.1) is 0 Å². The summed E-state index contributed by atoms with van der Waals surface area (Å²) in [5.41, 5.74) is 0. The molecule has 0 fully saturated rings. The molecule has 0 saturated carbocycles. The summed E-state index contributed by atoms with van der Waals surface area (Å²) in [6.45, 7) is -1.59. The molecule has 0 radical (unpaired) electrons. The van der Waals surface area contributed by atoms with Gasteiger partial charge in [-0.1, -0.05) is 0 Å². The van der Waals surface area contributed by atoms with Crippen molar-refractivity contribution in [3.8, 4) is 0 Å². The van der Waals surface area contributed by atoms with E-state index in [0.29, 0.717) is 4.31 Å². The summed E-state index contributed by atoms with van der Waals surface area (Å²) in [6, 6.07) is 0. The van der Waals surface area contributed by atoms with Gasteiger partial charge in [0.1, 0.15) is 6.54 Å². The van der Waals surface area contributed by atoms with Crippen LogP contribution in [0, 0.1) is 0 Å². The number of nitrogens with zero attached hydrogens (tertiary/aromatic N) is 1. The second-order valence-electron chi connectivity index (χ2n) is 3.67. The molecular formula is C8H13F3N2O5S. The Hall–Kier alpha value is -1.36. The van der Waals surface area contributed by atoms with Crippen molar-refractivity contribution in [1.29, 1.82) is 0 Å². The number of halogens is 3. The number of alkyl halides is 3. The number of sulfonamides is 1. The molecule has 0 saturated heterocycles. The van der Waals surface area contributed by atoms with Gasteiger partial charge in [0.05, 0.1) is 6.54 Å². The van der Waals surface area contributed by atoms with Crippen molar-refractivity contribution in [3.63, 3.8) is 0 Å². The number of likely N-dealkylation sites (N-methyl/N-ethyl adjacent to an activating group) is 1. The van der Waals surface area contributed by atoms with E-state index >= 15 is 0 Å². The van der Waals surface area contributed by atoms with Gasteiger partial charge in [0.25, 0.3) is 0 Å². The molecule has 0 aliphatic rings. The van der Waals surface area contributed by atoms with Crippen molar-refractivity contribution in [2.75, 3.05) is 20.1 Å². The van der Waals surface area contributed by atoms with Crippen LogP contribution in [-0.4, -0.2) is 61.3 Å². The van der Waals surface area contributed by atoms with Crippen LogP contribution >= 0.6 is 0 Å². The number of hydrogen-bond acceptors (Lipinski definition) is 4. The van der Waals surface area contributed by atoms with Gasteiger partial charge in [0.2, 0.25) is 15.9 Å². The van der Waals surface area contributed by atoms with Gasteiger partial charge in [-0.3, -0.25) is 9.59 Å². The first-order chi connectivity index (χ1) is 8.38. The first kappa shape index (κ1) is 17.6. The van der Waals surface area contributed by atoms with E-state index in [0.717, 1.165) is 14.0 Å². The van der Waals surface area contributed by atoms with Gasteiger partial charge in [0, 0.05) is 7.05 Å². The van der Waals surface area contributed by atoms with Crippen LogP contribution in [0.1, 0.15) is 6.92 Å². The molecule has 19 heavy (non-hydrogen) atoms. The number of rotatable bonds is 6. The number of carbonyl (C=O) groups excluding carboxylic acids is 1. The van der Waals surface area contributed by atoms with Crippen molar-refractivity contribution < 1.29 is 36.3 Å². The van der Waals surface area contributed by atoms with Crippen molar-refractivity contribution in [3.05, 3.63) is 0 Å². The molecule has 11 heteroatoms. The second-order valence-corrected chi connectivity index (χ2v) is 6.03. The summed E-state index contributed by atoms with van der Waals surface area (Å²) in [5, 5.41) is 8.23. The average molecular weight is 306 g/mol. The average Bonchev–Trinajstić information content (AvgIpc) is 2.24. The molecule has 0 aliphatic heterocycles. The molecule has 0 aromatic carbocycles. The zero-order valence-corrected chi connectivity index (χ0v) is 10.9. The molecule has 1 unspecified atom stereocenters. The third-order valence-corrected chi connectivity index (χ3v) is 4.17. The molecule has 112 valence electrons. The monoisotopic (exact) mass is 306 g/mol. The van der Waals surface area contributed by atoms with Crippen LogP contribution in [0.15, 0.2) is 0 Å². The number of aliphatic carboxylic acids is 1. The van der Waals surface area contributed by atoms with E-state index in [1.807, 2.05) is 0 Å². The highest BCUT2D eigenvalue weighted by Crippen LogP contribution is 2.12. The molecular weight excluding hydrogens is 293 g/mol. The van der Waals surface area contributed by atoms with Crippen molar-refractivity contribution in [2.45, 2.75) is 18.3 Å². The first-order valence-electron chi connectivity index (χ1n) is 4.89. The molecule has 0 spiro atoms. The predicted octanol–water partition coefficient (Wildman–Crippen LogP) is -0.600. The van der Waals surface area contributed by atoms with Crippen LogP contribution in [0.3, 0.4) is 0 Å². The minimum Gasteiger partial charge on any atom is -0.480 e.